The number of halogens is 2. The van der Waals surface area contributed by atoms with Gasteiger partial charge in [-0.1, -0.05) is 0 Å². The fourth-order valence-corrected chi connectivity index (χ4v) is 1.61. The van der Waals surface area contributed by atoms with Crippen LogP contribution in [0, 0.1) is 0 Å². The minimum Gasteiger partial charge on any atom is -0.394 e. The summed E-state index contributed by atoms with van der Waals surface area (Å²) < 4.78 is 27.1. The van der Waals surface area contributed by atoms with E-state index in [0.717, 1.165) is 5.56 Å². The van der Waals surface area contributed by atoms with Crippen LogP contribution in [0.5, 0.6) is 0 Å². The standard InChI is InChI=1S/C11H15F2N5O/c12-10(13)8-18-7-9(6-15-18)5-14-11-1-2-17(16-11)3-4-19/h1-2,6-7,10,19H,3-5,8H2,(H,14,16). The van der Waals surface area contributed by atoms with Crippen LogP contribution >= 0.6 is 0 Å². The van der Waals surface area contributed by atoms with Gasteiger partial charge in [0.15, 0.2) is 0 Å². The fraction of sp³-hybridized carbons (Fsp3) is 0.455. The van der Waals surface area contributed by atoms with Gasteiger partial charge in [0.1, 0.15) is 12.4 Å². The average Bonchev–Trinajstić information content (AvgIpc) is 2.96. The maximum atomic E-state index is 12.1. The van der Waals surface area contributed by atoms with E-state index in [1.165, 1.54) is 4.68 Å². The number of nitrogens with zero attached hydrogens (tertiary/aromatic N) is 4. The molecular weight excluding hydrogens is 256 g/mol. The molecule has 8 heteroatoms. The summed E-state index contributed by atoms with van der Waals surface area (Å²) in [7, 11) is 0. The van der Waals surface area contributed by atoms with E-state index in [9.17, 15) is 8.78 Å². The van der Waals surface area contributed by atoms with E-state index in [2.05, 4.69) is 15.5 Å². The van der Waals surface area contributed by atoms with Crippen LogP contribution in [0.4, 0.5) is 14.6 Å². The second-order valence-electron chi connectivity index (χ2n) is 4.00. The van der Waals surface area contributed by atoms with Gasteiger partial charge in [-0.15, -0.1) is 0 Å². The average molecular weight is 271 g/mol. The highest BCUT2D eigenvalue weighted by Crippen LogP contribution is 2.07. The normalized spacial score (nSPS) is 11.2. The Morgan fingerprint density at radius 1 is 1.37 bits per heavy atom. The molecule has 0 bridgehead atoms. The maximum absolute atomic E-state index is 12.1. The molecule has 0 fully saturated rings. The summed E-state index contributed by atoms with van der Waals surface area (Å²) in [6.07, 6.45) is 2.46. The third-order valence-corrected chi connectivity index (χ3v) is 2.46. The summed E-state index contributed by atoms with van der Waals surface area (Å²) in [5, 5.41) is 19.8. The van der Waals surface area contributed by atoms with E-state index < -0.39 is 13.0 Å². The summed E-state index contributed by atoms with van der Waals surface area (Å²) in [5.74, 6) is 0.662. The van der Waals surface area contributed by atoms with Crippen LogP contribution in [-0.4, -0.2) is 37.7 Å². The Morgan fingerprint density at radius 3 is 2.95 bits per heavy atom. The number of aliphatic hydroxyl groups is 1. The van der Waals surface area contributed by atoms with Crippen molar-refractivity contribution >= 4 is 5.82 Å². The molecule has 0 aliphatic carbocycles. The van der Waals surface area contributed by atoms with Crippen molar-refractivity contribution < 1.29 is 13.9 Å². The van der Waals surface area contributed by atoms with Crippen LogP contribution in [0.25, 0.3) is 0 Å². The van der Waals surface area contributed by atoms with E-state index >= 15 is 0 Å². The zero-order valence-corrected chi connectivity index (χ0v) is 10.2. The number of rotatable bonds is 7. The molecule has 2 heterocycles. The largest absolute Gasteiger partial charge is 0.394 e. The molecule has 0 atom stereocenters. The van der Waals surface area contributed by atoms with Gasteiger partial charge < -0.3 is 10.4 Å². The molecule has 0 aromatic carbocycles. The molecule has 19 heavy (non-hydrogen) atoms. The molecule has 0 saturated heterocycles. The molecule has 104 valence electrons. The van der Waals surface area contributed by atoms with Crippen molar-refractivity contribution in [2.75, 3.05) is 11.9 Å². The first-order valence-electron chi connectivity index (χ1n) is 5.85. The summed E-state index contributed by atoms with van der Waals surface area (Å²) in [5.41, 5.74) is 0.803. The molecule has 2 N–H and O–H groups in total. The summed E-state index contributed by atoms with van der Waals surface area (Å²) in [6.45, 7) is 0.528. The molecule has 0 aliphatic heterocycles. The van der Waals surface area contributed by atoms with Crippen LogP contribution in [0.3, 0.4) is 0 Å². The van der Waals surface area contributed by atoms with Crippen molar-refractivity contribution in [1.29, 1.82) is 0 Å². The Hall–Kier alpha value is -1.96. The number of aliphatic hydroxyl groups excluding tert-OH is 1. The van der Waals surface area contributed by atoms with Gasteiger partial charge in [0.25, 0.3) is 6.43 Å². The van der Waals surface area contributed by atoms with E-state index in [0.29, 0.717) is 18.9 Å². The molecule has 0 spiro atoms. The summed E-state index contributed by atoms with van der Waals surface area (Å²) in [4.78, 5) is 0. The first-order valence-corrected chi connectivity index (χ1v) is 5.85. The van der Waals surface area contributed by atoms with Gasteiger partial charge in [-0.05, 0) is 0 Å². The molecule has 6 nitrogen and oxygen atoms in total. The number of anilines is 1. The third kappa shape index (κ3) is 4.02. The molecule has 2 aromatic rings. The Bertz CT molecular complexity index is 511. The second kappa shape index (κ2) is 6.28. The first-order chi connectivity index (χ1) is 9.17. The van der Waals surface area contributed by atoms with Gasteiger partial charge in [-0.2, -0.15) is 10.2 Å². The maximum Gasteiger partial charge on any atom is 0.257 e. The molecular formula is C11H15F2N5O. The topological polar surface area (TPSA) is 67.9 Å². The molecule has 0 saturated carbocycles. The monoisotopic (exact) mass is 271 g/mol. The quantitative estimate of drug-likeness (QED) is 0.786. The van der Waals surface area contributed by atoms with E-state index in [1.54, 1.807) is 29.3 Å². The number of hydrogen-bond donors (Lipinski definition) is 2. The van der Waals surface area contributed by atoms with Crippen molar-refractivity contribution in [2.24, 2.45) is 0 Å². The summed E-state index contributed by atoms with van der Waals surface area (Å²) in [6, 6.07) is 1.78. The van der Waals surface area contributed by atoms with Crippen molar-refractivity contribution in [2.45, 2.75) is 26.1 Å². The smallest absolute Gasteiger partial charge is 0.257 e. The number of nitrogens with one attached hydrogen (secondary N) is 1. The minimum atomic E-state index is -2.41. The van der Waals surface area contributed by atoms with Crippen LogP contribution in [-0.2, 0) is 19.6 Å². The summed E-state index contributed by atoms with van der Waals surface area (Å²) >= 11 is 0. The highest BCUT2D eigenvalue weighted by molar-refractivity contribution is 5.33. The van der Waals surface area contributed by atoms with Crippen LogP contribution in [0.15, 0.2) is 24.7 Å². The van der Waals surface area contributed by atoms with Gasteiger partial charge in [-0.3, -0.25) is 9.36 Å². The van der Waals surface area contributed by atoms with Crippen LogP contribution < -0.4 is 5.32 Å². The highest BCUT2D eigenvalue weighted by atomic mass is 19.3. The lowest BCUT2D eigenvalue weighted by Crippen LogP contribution is -2.06. The lowest BCUT2D eigenvalue weighted by Gasteiger charge is -2.01. The number of hydrogen-bond acceptors (Lipinski definition) is 4. The number of aromatic nitrogens is 4. The zero-order chi connectivity index (χ0) is 13.7. The van der Waals surface area contributed by atoms with Crippen molar-refractivity contribution in [3.05, 3.63) is 30.2 Å². The molecule has 0 amide bonds. The SMILES string of the molecule is OCCn1ccc(NCc2cnn(CC(F)F)c2)n1. The fourth-order valence-electron chi connectivity index (χ4n) is 1.61. The Kier molecular flexibility index (Phi) is 4.45. The van der Waals surface area contributed by atoms with Crippen LogP contribution in [0.2, 0.25) is 0 Å². The van der Waals surface area contributed by atoms with Crippen LogP contribution in [0.1, 0.15) is 5.56 Å². The number of alkyl halides is 2. The van der Waals surface area contributed by atoms with Gasteiger partial charge in [0.05, 0.1) is 19.3 Å². The van der Waals surface area contributed by atoms with Gasteiger partial charge in [0.2, 0.25) is 0 Å². The lowest BCUT2D eigenvalue weighted by atomic mass is 10.3. The zero-order valence-electron chi connectivity index (χ0n) is 10.2. The third-order valence-electron chi connectivity index (χ3n) is 2.46. The van der Waals surface area contributed by atoms with E-state index in [4.69, 9.17) is 5.11 Å². The van der Waals surface area contributed by atoms with Gasteiger partial charge in [-0.25, -0.2) is 8.78 Å². The first kappa shape index (κ1) is 13.5. The van der Waals surface area contributed by atoms with Crippen molar-refractivity contribution in [1.82, 2.24) is 19.6 Å². The van der Waals surface area contributed by atoms with Crippen molar-refractivity contribution in [3.8, 4) is 0 Å². The second-order valence-corrected chi connectivity index (χ2v) is 4.00. The van der Waals surface area contributed by atoms with E-state index in [1.807, 2.05) is 0 Å². The molecule has 2 rings (SSSR count). The van der Waals surface area contributed by atoms with E-state index in [-0.39, 0.29) is 6.61 Å². The van der Waals surface area contributed by atoms with Gasteiger partial charge in [0, 0.05) is 30.6 Å². The molecule has 0 aliphatic rings. The van der Waals surface area contributed by atoms with Crippen molar-refractivity contribution in [3.63, 3.8) is 0 Å². The highest BCUT2D eigenvalue weighted by Gasteiger charge is 2.06. The predicted octanol–water partition coefficient (Wildman–Crippen LogP) is 0.949. The minimum absolute atomic E-state index is 0.0293. The predicted molar refractivity (Wildman–Crippen MR) is 64.9 cm³/mol. The molecule has 0 radical (unpaired) electrons. The Morgan fingerprint density at radius 2 is 2.21 bits per heavy atom. The Balaban J connectivity index is 1.85. The molecule has 2 aromatic heterocycles. The van der Waals surface area contributed by atoms with Gasteiger partial charge >= 0.3 is 0 Å². The lowest BCUT2D eigenvalue weighted by molar-refractivity contribution is 0.122. The Labute approximate surface area is 108 Å². The molecule has 0 unspecified atom stereocenters.